The van der Waals surface area contributed by atoms with Gasteiger partial charge in [0, 0.05) is 30.1 Å². The zero-order valence-electron chi connectivity index (χ0n) is 15.1. The molecule has 0 fully saturated rings. The van der Waals surface area contributed by atoms with Crippen molar-refractivity contribution < 1.29 is 0 Å². The third-order valence-electron chi connectivity index (χ3n) is 4.13. The van der Waals surface area contributed by atoms with Gasteiger partial charge in [-0.2, -0.15) is 0 Å². The Bertz CT molecular complexity index is 778. The molecule has 0 aliphatic carbocycles. The van der Waals surface area contributed by atoms with Gasteiger partial charge in [-0.1, -0.05) is 60.2 Å². The molecule has 25 heavy (non-hydrogen) atoms. The average molecular weight is 352 g/mol. The molecule has 0 amide bonds. The number of nitrogens with one attached hydrogen (secondary N) is 1. The maximum atomic E-state index is 4.80. The molecule has 2 aromatic carbocycles. The molecule has 1 N–H and O–H groups in total. The van der Waals surface area contributed by atoms with Crippen LogP contribution in [0.25, 0.3) is 10.6 Å². The minimum absolute atomic E-state index is 0.292. The second-order valence-electron chi connectivity index (χ2n) is 6.62. The van der Waals surface area contributed by atoms with Gasteiger partial charge >= 0.3 is 0 Å². The minimum atomic E-state index is 0.292. The van der Waals surface area contributed by atoms with E-state index in [-0.39, 0.29) is 0 Å². The largest absolute Gasteiger partial charge is 0.308 e. The van der Waals surface area contributed by atoms with Crippen molar-refractivity contribution in [3.8, 4) is 10.6 Å². The molecule has 0 saturated carbocycles. The number of aryl methyl sites for hydroxylation is 1. The first kappa shape index (κ1) is 17.8. The highest BCUT2D eigenvalue weighted by atomic mass is 32.1. The quantitative estimate of drug-likeness (QED) is 0.679. The maximum absolute atomic E-state index is 4.80. The lowest BCUT2D eigenvalue weighted by molar-refractivity contribution is 0.340. The highest BCUT2D eigenvalue weighted by Crippen LogP contribution is 2.24. The Morgan fingerprint density at radius 2 is 1.76 bits per heavy atom. The Morgan fingerprint density at radius 3 is 2.44 bits per heavy atom. The van der Waals surface area contributed by atoms with Gasteiger partial charge in [0.15, 0.2) is 0 Å². The number of thiazole rings is 1. The van der Waals surface area contributed by atoms with Crippen LogP contribution in [0.15, 0.2) is 60.0 Å². The molecule has 0 bridgehead atoms. The van der Waals surface area contributed by atoms with E-state index in [2.05, 4.69) is 91.2 Å². The predicted octanol–water partition coefficient (Wildman–Crippen LogP) is 4.51. The zero-order valence-corrected chi connectivity index (χ0v) is 15.9. The van der Waals surface area contributed by atoms with Gasteiger partial charge < -0.3 is 10.2 Å². The summed E-state index contributed by atoms with van der Waals surface area (Å²) in [6, 6.07) is 19.5. The van der Waals surface area contributed by atoms with Crippen LogP contribution in [0.3, 0.4) is 0 Å². The average Bonchev–Trinajstić information content (AvgIpc) is 3.08. The molecule has 0 saturated heterocycles. The Morgan fingerprint density at radius 1 is 1.04 bits per heavy atom. The lowest BCUT2D eigenvalue weighted by Gasteiger charge is -2.22. The Hall–Kier alpha value is -2.01. The number of rotatable bonds is 7. The minimum Gasteiger partial charge on any atom is -0.308 e. The van der Waals surface area contributed by atoms with E-state index in [4.69, 9.17) is 4.98 Å². The summed E-state index contributed by atoms with van der Waals surface area (Å²) < 4.78 is 0. The molecule has 4 heteroatoms. The van der Waals surface area contributed by atoms with Crippen molar-refractivity contribution >= 4 is 11.3 Å². The van der Waals surface area contributed by atoms with E-state index in [0.717, 1.165) is 23.8 Å². The van der Waals surface area contributed by atoms with Gasteiger partial charge in [0.2, 0.25) is 0 Å². The van der Waals surface area contributed by atoms with Gasteiger partial charge in [0.25, 0.3) is 0 Å². The number of benzene rings is 2. The molecule has 0 aliphatic rings. The molecule has 1 heterocycles. The van der Waals surface area contributed by atoms with Crippen LogP contribution < -0.4 is 5.32 Å². The number of likely N-dealkylation sites (N-methyl/N-ethyl adjacent to an activating group) is 1. The summed E-state index contributed by atoms with van der Waals surface area (Å²) in [5, 5.41) is 6.90. The van der Waals surface area contributed by atoms with Crippen molar-refractivity contribution in [1.82, 2.24) is 15.2 Å². The van der Waals surface area contributed by atoms with Crippen LogP contribution in [0.5, 0.6) is 0 Å². The smallest absolute Gasteiger partial charge is 0.123 e. The van der Waals surface area contributed by atoms with Crippen LogP contribution >= 0.6 is 11.3 Å². The van der Waals surface area contributed by atoms with Gasteiger partial charge in [0.1, 0.15) is 5.01 Å². The molecule has 130 valence electrons. The van der Waals surface area contributed by atoms with Gasteiger partial charge in [-0.05, 0) is 26.6 Å². The fourth-order valence-electron chi connectivity index (χ4n) is 2.78. The van der Waals surface area contributed by atoms with E-state index >= 15 is 0 Å². The second-order valence-corrected chi connectivity index (χ2v) is 7.47. The summed E-state index contributed by atoms with van der Waals surface area (Å²) in [4.78, 5) is 7.01. The first-order chi connectivity index (χ1) is 12.1. The van der Waals surface area contributed by atoms with Crippen LogP contribution in [0.1, 0.15) is 22.9 Å². The number of hydrogen-bond donors (Lipinski definition) is 1. The Balaban J connectivity index is 1.68. The summed E-state index contributed by atoms with van der Waals surface area (Å²) in [7, 11) is 4.21. The maximum Gasteiger partial charge on any atom is 0.123 e. The molecule has 1 aromatic heterocycles. The predicted molar refractivity (Wildman–Crippen MR) is 107 cm³/mol. The molecule has 1 atom stereocenters. The lowest BCUT2D eigenvalue weighted by atomic mass is 10.1. The summed E-state index contributed by atoms with van der Waals surface area (Å²) in [6.07, 6.45) is 0. The van der Waals surface area contributed by atoms with Crippen molar-refractivity contribution in [2.24, 2.45) is 0 Å². The van der Waals surface area contributed by atoms with E-state index in [9.17, 15) is 0 Å². The standard InChI is InChI=1S/C21H25N3S/c1-16-9-11-18(12-10-16)21-23-19(15-25-21)13-22-20(14-24(2)3)17-7-5-4-6-8-17/h4-12,15,20,22H,13-14H2,1-3H3. The monoisotopic (exact) mass is 351 g/mol. The van der Waals surface area contributed by atoms with Crippen molar-refractivity contribution in [3.05, 3.63) is 76.8 Å². The molecule has 3 aromatic rings. The van der Waals surface area contributed by atoms with Crippen molar-refractivity contribution in [2.45, 2.75) is 19.5 Å². The van der Waals surface area contributed by atoms with Crippen molar-refractivity contribution in [2.75, 3.05) is 20.6 Å². The normalized spacial score (nSPS) is 12.5. The summed E-state index contributed by atoms with van der Waals surface area (Å²) in [5.74, 6) is 0. The fourth-order valence-corrected chi connectivity index (χ4v) is 3.61. The first-order valence-electron chi connectivity index (χ1n) is 8.56. The number of aromatic nitrogens is 1. The van der Waals surface area contributed by atoms with Crippen LogP contribution in [-0.4, -0.2) is 30.5 Å². The Kier molecular flexibility index (Phi) is 5.97. The summed E-state index contributed by atoms with van der Waals surface area (Å²) >= 11 is 1.71. The first-order valence-corrected chi connectivity index (χ1v) is 9.44. The van der Waals surface area contributed by atoms with Gasteiger partial charge in [-0.25, -0.2) is 4.98 Å². The fraction of sp³-hybridized carbons (Fsp3) is 0.286. The third-order valence-corrected chi connectivity index (χ3v) is 5.07. The molecule has 3 nitrogen and oxygen atoms in total. The molecular formula is C21H25N3S. The topological polar surface area (TPSA) is 28.2 Å². The summed E-state index contributed by atoms with van der Waals surface area (Å²) in [5.41, 5.74) is 4.87. The molecule has 1 unspecified atom stereocenters. The molecule has 0 aliphatic heterocycles. The molecule has 0 spiro atoms. The SMILES string of the molecule is Cc1ccc(-c2nc(CNC(CN(C)C)c3ccccc3)cs2)cc1. The van der Waals surface area contributed by atoms with Crippen molar-refractivity contribution in [3.63, 3.8) is 0 Å². The Labute approximate surface area is 154 Å². The number of hydrogen-bond acceptors (Lipinski definition) is 4. The lowest BCUT2D eigenvalue weighted by Crippen LogP contribution is -2.31. The molecule has 0 radical (unpaired) electrons. The van der Waals surface area contributed by atoms with Crippen LogP contribution in [0, 0.1) is 6.92 Å². The summed E-state index contributed by atoms with van der Waals surface area (Å²) in [6.45, 7) is 3.84. The van der Waals surface area contributed by atoms with E-state index in [1.807, 2.05) is 0 Å². The third kappa shape index (κ3) is 4.98. The highest BCUT2D eigenvalue weighted by Gasteiger charge is 2.13. The van der Waals surface area contributed by atoms with E-state index in [0.29, 0.717) is 6.04 Å². The van der Waals surface area contributed by atoms with Gasteiger partial charge in [-0.3, -0.25) is 0 Å². The van der Waals surface area contributed by atoms with E-state index < -0.39 is 0 Å². The van der Waals surface area contributed by atoms with Gasteiger partial charge in [-0.15, -0.1) is 11.3 Å². The number of nitrogens with zero attached hydrogens (tertiary/aromatic N) is 2. The highest BCUT2D eigenvalue weighted by molar-refractivity contribution is 7.13. The van der Waals surface area contributed by atoms with Crippen LogP contribution in [-0.2, 0) is 6.54 Å². The van der Waals surface area contributed by atoms with Crippen molar-refractivity contribution in [1.29, 1.82) is 0 Å². The molecular weight excluding hydrogens is 326 g/mol. The molecule has 3 rings (SSSR count). The zero-order chi connectivity index (χ0) is 17.6. The van der Waals surface area contributed by atoms with Gasteiger partial charge in [0.05, 0.1) is 5.69 Å². The second kappa shape index (κ2) is 8.39. The van der Waals surface area contributed by atoms with E-state index in [1.54, 1.807) is 11.3 Å². The van der Waals surface area contributed by atoms with E-state index in [1.165, 1.54) is 16.7 Å². The van der Waals surface area contributed by atoms with Crippen LogP contribution in [0.4, 0.5) is 0 Å². The van der Waals surface area contributed by atoms with Crippen LogP contribution in [0.2, 0.25) is 0 Å².